The van der Waals surface area contributed by atoms with Crippen molar-refractivity contribution in [3.8, 4) is 28.5 Å². The molecule has 3 aromatic heterocycles. The lowest BCUT2D eigenvalue weighted by atomic mass is 10.1. The molecule has 0 unspecified atom stereocenters. The van der Waals surface area contributed by atoms with Crippen LogP contribution in [0.3, 0.4) is 0 Å². The first-order valence-electron chi connectivity index (χ1n) is 15.2. The topological polar surface area (TPSA) is 137 Å². The zero-order chi connectivity index (χ0) is 33.8. The van der Waals surface area contributed by atoms with Gasteiger partial charge in [-0.1, -0.05) is 6.07 Å². The number of halogens is 2. The summed E-state index contributed by atoms with van der Waals surface area (Å²) in [6.07, 6.45) is 7.13. The van der Waals surface area contributed by atoms with Gasteiger partial charge in [0, 0.05) is 57.4 Å². The van der Waals surface area contributed by atoms with Crippen molar-refractivity contribution in [2.75, 3.05) is 39.2 Å². The Bertz CT molecular complexity index is 1940. The van der Waals surface area contributed by atoms with Crippen LogP contribution >= 0.6 is 0 Å². The van der Waals surface area contributed by atoms with Crippen LogP contribution in [0, 0.1) is 6.92 Å². The van der Waals surface area contributed by atoms with Gasteiger partial charge in [-0.3, -0.25) is 14.3 Å². The summed E-state index contributed by atoms with van der Waals surface area (Å²) < 4.78 is 46.8. The highest BCUT2D eigenvalue weighted by Crippen LogP contribution is 2.39. The van der Waals surface area contributed by atoms with Gasteiger partial charge in [0.05, 0.1) is 30.6 Å². The van der Waals surface area contributed by atoms with E-state index in [2.05, 4.69) is 25.8 Å². The fourth-order valence-electron chi connectivity index (χ4n) is 5.31. The van der Waals surface area contributed by atoms with E-state index in [1.807, 2.05) is 6.92 Å². The molecular weight excluding hydrogens is 626 g/mol. The van der Waals surface area contributed by atoms with Crippen molar-refractivity contribution in [1.29, 1.82) is 0 Å². The molecule has 1 aliphatic rings. The van der Waals surface area contributed by atoms with E-state index in [1.54, 1.807) is 61.6 Å². The summed E-state index contributed by atoms with van der Waals surface area (Å²) in [7, 11) is 3.31. The smallest absolute Gasteiger partial charge is 0.387 e. The maximum Gasteiger partial charge on any atom is 0.387 e. The predicted molar refractivity (Wildman–Crippen MR) is 172 cm³/mol. The molecule has 1 atom stereocenters. The fraction of sp³-hybridized carbons (Fsp3) is 0.303. The molecule has 250 valence electrons. The summed E-state index contributed by atoms with van der Waals surface area (Å²) >= 11 is 0. The van der Waals surface area contributed by atoms with Crippen molar-refractivity contribution in [1.82, 2.24) is 34.6 Å². The molecule has 13 nitrogen and oxygen atoms in total. The van der Waals surface area contributed by atoms with E-state index in [-0.39, 0.29) is 46.0 Å². The third kappa shape index (κ3) is 7.26. The maximum absolute atomic E-state index is 13.6. The number of aryl methyl sites for hydroxylation is 1. The number of anilines is 1. The number of nitrogens with one attached hydrogen (secondary N) is 2. The van der Waals surface area contributed by atoms with Crippen LogP contribution in [0.4, 0.5) is 14.5 Å². The summed E-state index contributed by atoms with van der Waals surface area (Å²) in [4.78, 5) is 32.0. The number of fused-ring (bicyclic) bond motifs is 1. The third-order valence-electron chi connectivity index (χ3n) is 7.74. The van der Waals surface area contributed by atoms with Gasteiger partial charge in [-0.25, -0.2) is 9.50 Å². The molecule has 2 N–H and O–H groups in total. The minimum absolute atomic E-state index is 0.147. The first kappa shape index (κ1) is 32.5. The van der Waals surface area contributed by atoms with Crippen molar-refractivity contribution < 1.29 is 32.6 Å². The van der Waals surface area contributed by atoms with Gasteiger partial charge in [-0.15, -0.1) is 0 Å². The summed E-state index contributed by atoms with van der Waals surface area (Å²) in [5.74, 6) is -0.265. The minimum atomic E-state index is -3.13. The molecule has 0 spiro atoms. The second-order valence-corrected chi connectivity index (χ2v) is 11.4. The third-order valence-corrected chi connectivity index (χ3v) is 7.74. The molecular formula is C33H34F2N8O5. The van der Waals surface area contributed by atoms with Crippen LogP contribution in [0.2, 0.25) is 0 Å². The summed E-state index contributed by atoms with van der Waals surface area (Å²) in [6.45, 7) is 0.957. The quantitative estimate of drug-likeness (QED) is 0.196. The first-order chi connectivity index (χ1) is 23.2. The Labute approximate surface area is 274 Å². The molecule has 6 rings (SSSR count). The van der Waals surface area contributed by atoms with Gasteiger partial charge in [0.1, 0.15) is 28.5 Å². The Morgan fingerprint density at radius 1 is 1.15 bits per heavy atom. The highest BCUT2D eigenvalue weighted by molar-refractivity contribution is 6.09. The van der Waals surface area contributed by atoms with Crippen molar-refractivity contribution in [3.05, 3.63) is 83.9 Å². The molecule has 48 heavy (non-hydrogen) atoms. The van der Waals surface area contributed by atoms with Crippen LogP contribution in [0.25, 0.3) is 16.9 Å². The Morgan fingerprint density at radius 3 is 2.73 bits per heavy atom. The fourth-order valence-corrected chi connectivity index (χ4v) is 5.31. The average Bonchev–Trinajstić information content (AvgIpc) is 3.83. The largest absolute Gasteiger partial charge is 0.457 e. The van der Waals surface area contributed by atoms with Gasteiger partial charge in [0.2, 0.25) is 0 Å². The molecule has 15 heteroatoms. The number of aromatic nitrogens is 5. The second-order valence-electron chi connectivity index (χ2n) is 11.4. The number of amides is 2. The molecule has 0 radical (unpaired) electrons. The second kappa shape index (κ2) is 14.1. The number of alkyl halides is 2. The van der Waals surface area contributed by atoms with Crippen molar-refractivity contribution in [2.45, 2.75) is 32.5 Å². The standard InChI is InChI=1S/C33H34F2N8O5/c1-20-5-6-22(15-24(20)32(45)41(2)3)47-23-7-8-28(48-33(34)35)25(16-23)29-27(18-42(40-29)13-11-36-21-9-14-46-19-21)39-31(44)26-17-38-43-12-4-10-37-30(26)43/h4-8,10,12,15-18,21,33,36H,9,11,13-14,19H2,1-3H3,(H,39,44)/t21-/m0/s1. The number of hydrogen-bond donors (Lipinski definition) is 2. The van der Waals surface area contributed by atoms with Crippen molar-refractivity contribution in [3.63, 3.8) is 0 Å². The number of hydrogen-bond acceptors (Lipinski definition) is 9. The molecule has 1 saturated heterocycles. The molecule has 0 saturated carbocycles. The van der Waals surface area contributed by atoms with Gasteiger partial charge < -0.3 is 29.7 Å². The van der Waals surface area contributed by atoms with E-state index in [4.69, 9.17) is 14.2 Å². The van der Waals surface area contributed by atoms with E-state index >= 15 is 0 Å². The van der Waals surface area contributed by atoms with E-state index in [0.717, 1.165) is 12.0 Å². The van der Waals surface area contributed by atoms with Crippen molar-refractivity contribution in [2.24, 2.45) is 0 Å². The summed E-state index contributed by atoms with van der Waals surface area (Å²) in [6, 6.07) is 11.3. The lowest BCUT2D eigenvalue weighted by Crippen LogP contribution is -2.32. The lowest BCUT2D eigenvalue weighted by molar-refractivity contribution is -0.0495. The molecule has 1 fully saturated rings. The SMILES string of the molecule is Cc1ccc(Oc2ccc(OC(F)F)c(-c3nn(CCN[C@H]4CCOC4)cc3NC(=O)c3cnn4cccnc34)c2)cc1C(=O)N(C)C. The molecule has 1 aliphatic heterocycles. The van der Waals surface area contributed by atoms with Gasteiger partial charge in [0.25, 0.3) is 11.8 Å². The summed E-state index contributed by atoms with van der Waals surface area (Å²) in [5, 5.41) is 15.2. The molecule has 0 aliphatic carbocycles. The normalized spacial score (nSPS) is 14.4. The van der Waals surface area contributed by atoms with Gasteiger partial charge >= 0.3 is 6.61 Å². The maximum atomic E-state index is 13.6. The van der Waals surface area contributed by atoms with Crippen LogP contribution in [-0.4, -0.2) is 87.6 Å². The number of carbonyl (C=O) groups excluding carboxylic acids is 2. The van der Waals surface area contributed by atoms with Gasteiger partial charge in [0.15, 0.2) is 5.65 Å². The van der Waals surface area contributed by atoms with Crippen LogP contribution in [0.5, 0.6) is 17.2 Å². The number of rotatable bonds is 12. The molecule has 2 amide bonds. The Hall–Kier alpha value is -5.41. The molecule has 4 heterocycles. The Balaban J connectivity index is 1.36. The molecule has 0 bridgehead atoms. The van der Waals surface area contributed by atoms with Crippen LogP contribution in [0.1, 0.15) is 32.7 Å². The predicted octanol–water partition coefficient (Wildman–Crippen LogP) is 4.63. The lowest BCUT2D eigenvalue weighted by Gasteiger charge is -2.15. The number of carbonyl (C=O) groups is 2. The van der Waals surface area contributed by atoms with E-state index < -0.39 is 12.5 Å². The molecule has 5 aromatic rings. The van der Waals surface area contributed by atoms with Crippen LogP contribution in [0.15, 0.2) is 67.3 Å². The highest BCUT2D eigenvalue weighted by Gasteiger charge is 2.23. The molecule has 2 aromatic carbocycles. The van der Waals surface area contributed by atoms with E-state index in [9.17, 15) is 18.4 Å². The van der Waals surface area contributed by atoms with Crippen LogP contribution in [-0.2, 0) is 11.3 Å². The zero-order valence-corrected chi connectivity index (χ0v) is 26.5. The Kier molecular flexibility index (Phi) is 9.59. The summed E-state index contributed by atoms with van der Waals surface area (Å²) in [5.41, 5.74) is 2.34. The number of nitrogens with zero attached hydrogens (tertiary/aromatic N) is 6. The highest BCUT2D eigenvalue weighted by atomic mass is 19.3. The van der Waals surface area contributed by atoms with Crippen LogP contribution < -0.4 is 20.1 Å². The van der Waals surface area contributed by atoms with Crippen molar-refractivity contribution >= 4 is 23.1 Å². The average molecular weight is 661 g/mol. The number of ether oxygens (including phenoxy) is 3. The number of benzene rings is 2. The van der Waals surface area contributed by atoms with E-state index in [1.165, 1.54) is 33.8 Å². The van der Waals surface area contributed by atoms with Gasteiger partial charge in [-0.2, -0.15) is 19.0 Å². The van der Waals surface area contributed by atoms with E-state index in [0.29, 0.717) is 43.3 Å². The first-order valence-corrected chi connectivity index (χ1v) is 15.2. The Morgan fingerprint density at radius 2 is 1.96 bits per heavy atom. The monoisotopic (exact) mass is 660 g/mol. The zero-order valence-electron chi connectivity index (χ0n) is 26.5. The van der Waals surface area contributed by atoms with Gasteiger partial charge in [-0.05, 0) is 55.3 Å². The minimum Gasteiger partial charge on any atom is -0.457 e.